The minimum absolute atomic E-state index is 0.0624. The fourth-order valence-corrected chi connectivity index (χ4v) is 2.10. The molecule has 6 nitrogen and oxygen atoms in total. The third-order valence-electron chi connectivity index (χ3n) is 2.94. The lowest BCUT2D eigenvalue weighted by atomic mass is 10.2. The summed E-state index contributed by atoms with van der Waals surface area (Å²) >= 11 is 0. The highest BCUT2D eigenvalue weighted by atomic mass is 16.6. The number of benzene rings is 1. The zero-order chi connectivity index (χ0) is 15.6. The molecule has 0 saturated heterocycles. The molecule has 0 bridgehead atoms. The van der Waals surface area contributed by atoms with Crippen LogP contribution in [0.25, 0.3) is 10.9 Å². The zero-order valence-electron chi connectivity index (χ0n) is 12.3. The maximum atomic E-state index is 11.7. The predicted molar refractivity (Wildman–Crippen MR) is 79.1 cm³/mol. The van der Waals surface area contributed by atoms with Crippen molar-refractivity contribution in [3.8, 4) is 0 Å². The Morgan fingerprint density at radius 3 is 2.67 bits per heavy atom. The Hall–Kier alpha value is -2.37. The smallest absolute Gasteiger partial charge is 0.308 e. The predicted octanol–water partition coefficient (Wildman–Crippen LogP) is 3.28. The Morgan fingerprint density at radius 1 is 1.33 bits per heavy atom. The lowest BCUT2D eigenvalue weighted by Gasteiger charge is -2.19. The Labute approximate surface area is 122 Å². The fraction of sp³-hybridized carbons (Fsp3) is 0.400. The van der Waals surface area contributed by atoms with Gasteiger partial charge in [-0.2, -0.15) is 0 Å². The van der Waals surface area contributed by atoms with Crippen molar-refractivity contribution in [1.29, 1.82) is 0 Å². The van der Waals surface area contributed by atoms with Crippen LogP contribution in [0.4, 0.5) is 5.69 Å². The number of ether oxygens (including phenoxy) is 1. The molecule has 0 atom stereocenters. The topological polar surface area (TPSA) is 74.4 Å². The van der Waals surface area contributed by atoms with E-state index >= 15 is 0 Å². The average Bonchev–Trinajstić information content (AvgIpc) is 2.76. The van der Waals surface area contributed by atoms with Crippen molar-refractivity contribution in [2.24, 2.45) is 0 Å². The van der Waals surface area contributed by atoms with Gasteiger partial charge in [-0.05, 0) is 32.9 Å². The van der Waals surface area contributed by atoms with Crippen molar-refractivity contribution in [1.82, 2.24) is 4.57 Å². The quantitative estimate of drug-likeness (QED) is 0.492. The van der Waals surface area contributed by atoms with Gasteiger partial charge in [0.05, 0.1) is 11.3 Å². The number of esters is 1. The molecule has 1 aromatic carbocycles. The van der Waals surface area contributed by atoms with Gasteiger partial charge in [-0.3, -0.25) is 14.9 Å². The molecule has 0 amide bonds. The van der Waals surface area contributed by atoms with Crippen molar-refractivity contribution in [2.45, 2.75) is 39.3 Å². The van der Waals surface area contributed by atoms with Gasteiger partial charge in [0.2, 0.25) is 0 Å². The summed E-state index contributed by atoms with van der Waals surface area (Å²) in [6.45, 7) is 5.97. The molecule has 0 fully saturated rings. The summed E-state index contributed by atoms with van der Waals surface area (Å²) in [5, 5.41) is 11.5. The van der Waals surface area contributed by atoms with E-state index in [1.807, 2.05) is 31.5 Å². The molecule has 0 spiro atoms. The average molecular weight is 290 g/mol. The van der Waals surface area contributed by atoms with Gasteiger partial charge < -0.3 is 9.30 Å². The van der Waals surface area contributed by atoms with Gasteiger partial charge in [-0.15, -0.1) is 0 Å². The first-order chi connectivity index (χ1) is 9.76. The second-order valence-electron chi connectivity index (χ2n) is 5.85. The third kappa shape index (κ3) is 3.81. The molecule has 112 valence electrons. The number of hydrogen-bond donors (Lipinski definition) is 0. The van der Waals surface area contributed by atoms with Gasteiger partial charge in [0.25, 0.3) is 5.69 Å². The molecule has 0 radical (unpaired) electrons. The summed E-state index contributed by atoms with van der Waals surface area (Å²) in [4.78, 5) is 22.0. The van der Waals surface area contributed by atoms with Crippen LogP contribution in [0.1, 0.15) is 27.2 Å². The number of carbonyl (C=O) groups excluding carboxylic acids is 1. The normalized spacial score (nSPS) is 11.6. The van der Waals surface area contributed by atoms with Crippen LogP contribution in [-0.2, 0) is 16.1 Å². The van der Waals surface area contributed by atoms with Crippen LogP contribution >= 0.6 is 0 Å². The molecule has 6 heteroatoms. The highest BCUT2D eigenvalue weighted by molar-refractivity contribution is 5.82. The Morgan fingerprint density at radius 2 is 2.05 bits per heavy atom. The number of aromatic nitrogens is 1. The number of nitro groups is 1. The molecule has 0 aliphatic carbocycles. The molecule has 0 saturated carbocycles. The van der Waals surface area contributed by atoms with E-state index in [2.05, 4.69) is 0 Å². The van der Waals surface area contributed by atoms with Crippen LogP contribution in [0.15, 0.2) is 30.5 Å². The Kier molecular flexibility index (Phi) is 3.97. The number of nitro benzene ring substituents is 1. The molecular formula is C15H18N2O4. The van der Waals surface area contributed by atoms with E-state index in [1.54, 1.807) is 12.1 Å². The maximum absolute atomic E-state index is 11.7. The number of nitrogens with zero attached hydrogens (tertiary/aromatic N) is 2. The molecule has 2 aromatic rings. The number of carbonyl (C=O) groups is 1. The number of fused-ring (bicyclic) bond motifs is 1. The van der Waals surface area contributed by atoms with Crippen molar-refractivity contribution in [2.75, 3.05) is 0 Å². The zero-order valence-corrected chi connectivity index (χ0v) is 12.3. The van der Waals surface area contributed by atoms with Gasteiger partial charge in [0.15, 0.2) is 0 Å². The minimum atomic E-state index is -0.490. The molecule has 0 unspecified atom stereocenters. The van der Waals surface area contributed by atoms with Gasteiger partial charge >= 0.3 is 5.97 Å². The summed E-state index contributed by atoms with van der Waals surface area (Å²) in [6, 6.07) is 6.49. The second-order valence-corrected chi connectivity index (χ2v) is 5.85. The van der Waals surface area contributed by atoms with Crippen molar-refractivity contribution in [3.63, 3.8) is 0 Å². The molecule has 0 N–H and O–H groups in total. The van der Waals surface area contributed by atoms with Crippen LogP contribution in [0.5, 0.6) is 0 Å². The SMILES string of the molecule is CC(C)(C)OC(=O)CCn1ccc2cc([N+](=O)[O-])ccc21. The van der Waals surface area contributed by atoms with Gasteiger partial charge in [-0.1, -0.05) is 0 Å². The summed E-state index contributed by atoms with van der Waals surface area (Å²) in [6.07, 6.45) is 2.08. The first-order valence-corrected chi connectivity index (χ1v) is 6.71. The molecule has 1 heterocycles. The van der Waals surface area contributed by atoms with Gasteiger partial charge in [0, 0.05) is 35.8 Å². The van der Waals surface area contributed by atoms with E-state index in [0.29, 0.717) is 6.54 Å². The van der Waals surface area contributed by atoms with Gasteiger partial charge in [0.1, 0.15) is 5.60 Å². The van der Waals surface area contributed by atoms with Crippen molar-refractivity contribution in [3.05, 3.63) is 40.6 Å². The Bertz CT molecular complexity index is 683. The van der Waals surface area contributed by atoms with E-state index in [1.165, 1.54) is 12.1 Å². The van der Waals surface area contributed by atoms with E-state index in [9.17, 15) is 14.9 Å². The van der Waals surface area contributed by atoms with Crippen LogP contribution in [0.2, 0.25) is 0 Å². The fourth-order valence-electron chi connectivity index (χ4n) is 2.10. The standard InChI is InChI=1S/C15H18N2O4/c1-15(2,3)21-14(18)7-9-16-8-6-11-10-12(17(19)20)4-5-13(11)16/h4-6,8,10H,7,9H2,1-3H3. The van der Waals surface area contributed by atoms with E-state index < -0.39 is 10.5 Å². The summed E-state index contributed by atoms with van der Waals surface area (Å²) < 4.78 is 7.15. The van der Waals surface area contributed by atoms with Crippen LogP contribution < -0.4 is 0 Å². The van der Waals surface area contributed by atoms with E-state index in [4.69, 9.17) is 4.74 Å². The number of rotatable bonds is 4. The van der Waals surface area contributed by atoms with E-state index in [0.717, 1.165) is 10.9 Å². The molecule has 1 aromatic heterocycles. The lowest BCUT2D eigenvalue weighted by Crippen LogP contribution is -2.24. The molecule has 0 aliphatic rings. The molecule has 21 heavy (non-hydrogen) atoms. The summed E-state index contributed by atoms with van der Waals surface area (Å²) in [5.41, 5.74) is 0.438. The van der Waals surface area contributed by atoms with Crippen LogP contribution in [0.3, 0.4) is 0 Å². The summed E-state index contributed by atoms with van der Waals surface area (Å²) in [5.74, 6) is -0.258. The van der Waals surface area contributed by atoms with Gasteiger partial charge in [-0.25, -0.2) is 0 Å². The number of hydrogen-bond acceptors (Lipinski definition) is 4. The second kappa shape index (κ2) is 5.55. The first-order valence-electron chi connectivity index (χ1n) is 6.71. The van der Waals surface area contributed by atoms with Crippen LogP contribution in [0, 0.1) is 10.1 Å². The maximum Gasteiger partial charge on any atom is 0.308 e. The first kappa shape index (κ1) is 15.0. The largest absolute Gasteiger partial charge is 0.460 e. The van der Waals surface area contributed by atoms with Crippen LogP contribution in [-0.4, -0.2) is 21.1 Å². The third-order valence-corrected chi connectivity index (χ3v) is 2.94. The molecular weight excluding hydrogens is 272 g/mol. The number of aryl methyl sites for hydroxylation is 1. The number of non-ortho nitro benzene ring substituents is 1. The minimum Gasteiger partial charge on any atom is -0.460 e. The van der Waals surface area contributed by atoms with Crippen molar-refractivity contribution >= 4 is 22.6 Å². The lowest BCUT2D eigenvalue weighted by molar-refractivity contribution is -0.384. The molecule has 0 aliphatic heterocycles. The highest BCUT2D eigenvalue weighted by Gasteiger charge is 2.16. The van der Waals surface area contributed by atoms with Crippen molar-refractivity contribution < 1.29 is 14.5 Å². The Balaban J connectivity index is 2.10. The monoisotopic (exact) mass is 290 g/mol. The highest BCUT2D eigenvalue weighted by Crippen LogP contribution is 2.22. The van der Waals surface area contributed by atoms with E-state index in [-0.39, 0.29) is 18.1 Å². The summed E-state index contributed by atoms with van der Waals surface area (Å²) in [7, 11) is 0. The molecule has 2 rings (SSSR count).